The highest BCUT2D eigenvalue weighted by molar-refractivity contribution is 6.04. The van der Waals surface area contributed by atoms with Crippen molar-refractivity contribution in [3.05, 3.63) is 63.3 Å². The molecule has 0 saturated carbocycles. The highest BCUT2D eigenvalue weighted by Gasteiger charge is 2.21. The van der Waals surface area contributed by atoms with E-state index in [1.54, 1.807) is 24.3 Å². The Bertz CT molecular complexity index is 1190. The third kappa shape index (κ3) is 4.82. The number of ether oxygens (including phenoxy) is 1. The summed E-state index contributed by atoms with van der Waals surface area (Å²) in [4.78, 5) is 38.4. The maximum atomic E-state index is 12.9. The number of fused-ring (bicyclic) bond motifs is 1. The van der Waals surface area contributed by atoms with Crippen LogP contribution in [0.25, 0.3) is 10.8 Å². The van der Waals surface area contributed by atoms with Crippen molar-refractivity contribution in [2.75, 3.05) is 6.61 Å². The van der Waals surface area contributed by atoms with E-state index in [0.29, 0.717) is 22.9 Å². The van der Waals surface area contributed by atoms with E-state index in [2.05, 4.69) is 12.0 Å². The molecule has 0 atom stereocenters. The average Bonchev–Trinajstić information content (AvgIpc) is 3.09. The molecule has 7 heteroatoms. The van der Waals surface area contributed by atoms with Crippen LogP contribution in [0, 0.1) is 13.8 Å². The predicted molar refractivity (Wildman–Crippen MR) is 124 cm³/mol. The van der Waals surface area contributed by atoms with Gasteiger partial charge in [0.2, 0.25) is 5.78 Å². The molecule has 32 heavy (non-hydrogen) atoms. The van der Waals surface area contributed by atoms with Crippen molar-refractivity contribution in [1.29, 1.82) is 0 Å². The number of esters is 1. The summed E-state index contributed by atoms with van der Waals surface area (Å²) in [5.41, 5.74) is 2.23. The van der Waals surface area contributed by atoms with Gasteiger partial charge < -0.3 is 9.30 Å². The van der Waals surface area contributed by atoms with Crippen LogP contribution >= 0.6 is 0 Å². The highest BCUT2D eigenvalue weighted by Crippen LogP contribution is 2.17. The first kappa shape index (κ1) is 23.4. The Balaban J connectivity index is 1.83. The molecular weight excluding hydrogens is 406 g/mol. The fourth-order valence-electron chi connectivity index (χ4n) is 4.07. The summed E-state index contributed by atoms with van der Waals surface area (Å²) in [6, 6.07) is 8.69. The molecule has 0 saturated heterocycles. The third-order valence-electron chi connectivity index (χ3n) is 5.81. The van der Waals surface area contributed by atoms with Crippen LogP contribution in [0.1, 0.15) is 71.8 Å². The van der Waals surface area contributed by atoms with Gasteiger partial charge in [0, 0.05) is 35.4 Å². The van der Waals surface area contributed by atoms with E-state index in [4.69, 9.17) is 4.74 Å². The lowest BCUT2D eigenvalue weighted by molar-refractivity contribution is 0.0468. The molecule has 3 rings (SSSR count). The van der Waals surface area contributed by atoms with Crippen LogP contribution in [-0.4, -0.2) is 32.7 Å². The Hall–Kier alpha value is -3.22. The number of rotatable bonds is 10. The number of nitrogens with zero attached hydrogens (tertiary/aromatic N) is 3. The van der Waals surface area contributed by atoms with Crippen molar-refractivity contribution in [3.63, 3.8) is 0 Å². The van der Waals surface area contributed by atoms with Gasteiger partial charge in [-0.05, 0) is 39.3 Å². The minimum Gasteiger partial charge on any atom is -0.452 e. The molecule has 7 nitrogen and oxygen atoms in total. The lowest BCUT2D eigenvalue weighted by Gasteiger charge is -2.11. The zero-order valence-electron chi connectivity index (χ0n) is 19.3. The van der Waals surface area contributed by atoms with Gasteiger partial charge in [0.1, 0.15) is 0 Å². The Kier molecular flexibility index (Phi) is 7.62. The van der Waals surface area contributed by atoms with Crippen LogP contribution < -0.4 is 5.56 Å². The zero-order chi connectivity index (χ0) is 23.3. The number of hydrogen-bond acceptors (Lipinski definition) is 5. The second kappa shape index (κ2) is 10.4. The second-order valence-electron chi connectivity index (χ2n) is 8.01. The van der Waals surface area contributed by atoms with Gasteiger partial charge in [-0.1, -0.05) is 44.4 Å². The van der Waals surface area contributed by atoms with E-state index in [9.17, 15) is 14.4 Å². The molecule has 0 aliphatic rings. The number of carbonyl (C=O) groups excluding carboxylic acids is 2. The van der Waals surface area contributed by atoms with Crippen molar-refractivity contribution in [1.82, 2.24) is 14.3 Å². The molecule has 0 aliphatic carbocycles. The van der Waals surface area contributed by atoms with Gasteiger partial charge in [0.25, 0.3) is 5.56 Å². The van der Waals surface area contributed by atoms with E-state index in [0.717, 1.165) is 43.6 Å². The van der Waals surface area contributed by atoms with Gasteiger partial charge in [0.05, 0.1) is 5.39 Å². The Morgan fingerprint density at radius 3 is 2.41 bits per heavy atom. The molecule has 0 amide bonds. The fourth-order valence-corrected chi connectivity index (χ4v) is 4.07. The van der Waals surface area contributed by atoms with Gasteiger partial charge in [-0.2, -0.15) is 5.10 Å². The molecule has 0 radical (unpaired) electrons. The van der Waals surface area contributed by atoms with Gasteiger partial charge in [-0.25, -0.2) is 9.48 Å². The molecule has 170 valence electrons. The van der Waals surface area contributed by atoms with E-state index in [-0.39, 0.29) is 23.6 Å². The van der Waals surface area contributed by atoms with Crippen molar-refractivity contribution < 1.29 is 14.3 Å². The quantitative estimate of drug-likeness (QED) is 0.266. The fraction of sp³-hybridized carbons (Fsp3) is 0.440. The number of carbonyl (C=O) groups is 2. The van der Waals surface area contributed by atoms with Crippen molar-refractivity contribution in [2.45, 2.75) is 66.5 Å². The molecular formula is C25H31N3O4. The summed E-state index contributed by atoms with van der Waals surface area (Å²) >= 11 is 0. The van der Waals surface area contributed by atoms with Crippen LogP contribution in [0.4, 0.5) is 0 Å². The standard InChI is InChI=1S/C25H31N3O4/c1-5-7-8-11-14-28-24(30)20-13-10-9-12-19(20)23(26-28)25(31)32-16-22(29)21-15-17(3)27(6-2)18(21)4/h9-10,12-13,15H,5-8,11,14,16H2,1-4H3. The predicted octanol–water partition coefficient (Wildman–Crippen LogP) is 4.45. The maximum Gasteiger partial charge on any atom is 0.359 e. The first-order valence-corrected chi connectivity index (χ1v) is 11.3. The van der Waals surface area contributed by atoms with E-state index >= 15 is 0 Å². The Morgan fingerprint density at radius 2 is 1.75 bits per heavy atom. The van der Waals surface area contributed by atoms with E-state index in [1.807, 2.05) is 31.4 Å². The second-order valence-corrected chi connectivity index (χ2v) is 8.01. The minimum absolute atomic E-state index is 0.0579. The molecule has 0 bridgehead atoms. The molecule has 3 aromatic rings. The lowest BCUT2D eigenvalue weighted by Crippen LogP contribution is -2.27. The van der Waals surface area contributed by atoms with Crippen LogP contribution in [0.3, 0.4) is 0 Å². The van der Waals surface area contributed by atoms with Gasteiger partial charge in [-0.3, -0.25) is 9.59 Å². The summed E-state index contributed by atoms with van der Waals surface area (Å²) < 4.78 is 8.73. The largest absolute Gasteiger partial charge is 0.452 e. The van der Waals surface area contributed by atoms with Gasteiger partial charge in [0.15, 0.2) is 12.3 Å². The summed E-state index contributed by atoms with van der Waals surface area (Å²) in [5, 5.41) is 5.17. The van der Waals surface area contributed by atoms with Crippen LogP contribution in [0.5, 0.6) is 0 Å². The number of Topliss-reactive ketones (excluding diaryl/α,β-unsaturated/α-hetero) is 1. The first-order chi connectivity index (χ1) is 15.4. The maximum absolute atomic E-state index is 12.9. The first-order valence-electron chi connectivity index (χ1n) is 11.3. The SMILES string of the molecule is CCCCCCn1nc(C(=O)OCC(=O)c2cc(C)n(CC)c2C)c2ccccc2c1=O. The topological polar surface area (TPSA) is 83.2 Å². The zero-order valence-corrected chi connectivity index (χ0v) is 19.3. The molecule has 2 heterocycles. The number of aryl methyl sites for hydroxylation is 2. The number of benzene rings is 1. The molecule has 1 aromatic carbocycles. The molecule has 0 fully saturated rings. The summed E-state index contributed by atoms with van der Waals surface area (Å²) in [6.07, 6.45) is 3.96. The summed E-state index contributed by atoms with van der Waals surface area (Å²) in [6.45, 7) is 8.79. The van der Waals surface area contributed by atoms with E-state index < -0.39 is 5.97 Å². The number of unbranched alkanes of at least 4 members (excludes halogenated alkanes) is 3. The van der Waals surface area contributed by atoms with Crippen LogP contribution in [-0.2, 0) is 17.8 Å². The van der Waals surface area contributed by atoms with Crippen molar-refractivity contribution in [3.8, 4) is 0 Å². The number of hydrogen-bond donors (Lipinski definition) is 0. The van der Waals surface area contributed by atoms with Crippen molar-refractivity contribution >= 4 is 22.5 Å². The van der Waals surface area contributed by atoms with Gasteiger partial charge in [-0.15, -0.1) is 0 Å². The average molecular weight is 438 g/mol. The van der Waals surface area contributed by atoms with Crippen molar-refractivity contribution in [2.24, 2.45) is 0 Å². The minimum atomic E-state index is -0.707. The summed E-state index contributed by atoms with van der Waals surface area (Å²) in [7, 11) is 0. The third-order valence-corrected chi connectivity index (χ3v) is 5.81. The molecule has 2 aromatic heterocycles. The molecule has 0 spiro atoms. The smallest absolute Gasteiger partial charge is 0.359 e. The summed E-state index contributed by atoms with van der Waals surface area (Å²) in [5.74, 6) is -0.968. The monoisotopic (exact) mass is 437 g/mol. The van der Waals surface area contributed by atoms with Crippen LogP contribution in [0.2, 0.25) is 0 Å². The van der Waals surface area contributed by atoms with E-state index in [1.165, 1.54) is 4.68 Å². The molecule has 0 unspecified atom stereocenters. The molecule has 0 N–H and O–H groups in total. The lowest BCUT2D eigenvalue weighted by atomic mass is 10.1. The number of ketones is 1. The Labute approximate surface area is 188 Å². The van der Waals surface area contributed by atoms with Crippen LogP contribution in [0.15, 0.2) is 35.1 Å². The number of aromatic nitrogens is 3. The molecule has 0 aliphatic heterocycles. The normalized spacial score (nSPS) is 11.1. The highest BCUT2D eigenvalue weighted by atomic mass is 16.5. The van der Waals surface area contributed by atoms with Gasteiger partial charge >= 0.3 is 5.97 Å². The Morgan fingerprint density at radius 1 is 1.03 bits per heavy atom.